The number of rotatable bonds is 3. The maximum Gasteiger partial charge on any atom is 0.278 e. The predicted molar refractivity (Wildman–Crippen MR) is 84.0 cm³/mol. The summed E-state index contributed by atoms with van der Waals surface area (Å²) >= 11 is 1.11. The molecule has 1 N–H and O–H groups in total. The summed E-state index contributed by atoms with van der Waals surface area (Å²) < 4.78 is 19.7. The number of aromatic amines is 1. The van der Waals surface area contributed by atoms with Crippen LogP contribution in [0.15, 0.2) is 17.4 Å². The number of nitrogens with one attached hydrogen (secondary N) is 1. The minimum absolute atomic E-state index is 0.241. The Labute approximate surface area is 140 Å². The van der Waals surface area contributed by atoms with Crippen LogP contribution in [-0.4, -0.2) is 49.4 Å². The first-order valence-electron chi connectivity index (χ1n) is 7.42. The third kappa shape index (κ3) is 2.41. The highest BCUT2D eigenvalue weighted by Gasteiger charge is 2.56. The topological polar surface area (TPSA) is 115 Å². The maximum absolute atomic E-state index is 11.8. The molecule has 0 unspecified atom stereocenters. The van der Waals surface area contributed by atoms with Gasteiger partial charge in [0.1, 0.15) is 17.6 Å². The average Bonchev–Trinajstić information content (AvgIpc) is 3.17. The van der Waals surface area contributed by atoms with Gasteiger partial charge in [0.25, 0.3) is 5.56 Å². The van der Waals surface area contributed by atoms with Gasteiger partial charge >= 0.3 is 0 Å². The molecular formula is C14H15N5O4S. The van der Waals surface area contributed by atoms with Crippen LogP contribution in [-0.2, 0) is 14.2 Å². The van der Waals surface area contributed by atoms with Crippen LogP contribution in [0.25, 0.3) is 11.2 Å². The maximum atomic E-state index is 11.8. The zero-order valence-electron chi connectivity index (χ0n) is 13.0. The second-order valence-electron chi connectivity index (χ2n) is 6.09. The first-order chi connectivity index (χ1) is 11.5. The number of H-pyrrole nitrogens is 1. The predicted octanol–water partition coefficient (Wildman–Crippen LogP) is 0.751. The molecule has 2 aromatic rings. The van der Waals surface area contributed by atoms with Crippen LogP contribution >= 0.6 is 11.8 Å². The number of imidazole rings is 1. The summed E-state index contributed by atoms with van der Waals surface area (Å²) in [6, 6.07) is 0. The van der Waals surface area contributed by atoms with Gasteiger partial charge in [-0.25, -0.2) is 9.97 Å². The van der Waals surface area contributed by atoms with Crippen LogP contribution in [0.5, 0.6) is 0 Å². The van der Waals surface area contributed by atoms with Gasteiger partial charge in [-0.1, -0.05) is 0 Å². The van der Waals surface area contributed by atoms with E-state index in [0.29, 0.717) is 11.4 Å². The molecule has 4 atom stereocenters. The Kier molecular flexibility index (Phi) is 3.61. The van der Waals surface area contributed by atoms with Crippen molar-refractivity contribution in [3.05, 3.63) is 23.0 Å². The fraction of sp³-hybridized carbons (Fsp3) is 0.571. The van der Waals surface area contributed by atoms with E-state index in [4.69, 9.17) is 19.5 Å². The Morgan fingerprint density at radius 2 is 2.21 bits per heavy atom. The smallest absolute Gasteiger partial charge is 0.278 e. The molecule has 24 heavy (non-hydrogen) atoms. The summed E-state index contributed by atoms with van der Waals surface area (Å²) in [5, 5.41) is 10.9. The molecule has 2 aliphatic heterocycles. The van der Waals surface area contributed by atoms with E-state index < -0.39 is 12.0 Å². The lowest BCUT2D eigenvalue weighted by Gasteiger charge is -2.24. The Hall–Kier alpha value is -1.93. The molecule has 0 bridgehead atoms. The molecule has 2 aliphatic rings. The van der Waals surface area contributed by atoms with Crippen molar-refractivity contribution in [2.75, 3.05) is 5.75 Å². The minimum atomic E-state index is -0.742. The molecular weight excluding hydrogens is 334 g/mol. The van der Waals surface area contributed by atoms with E-state index in [1.807, 2.05) is 19.2 Å². The third-order valence-corrected chi connectivity index (χ3v) is 4.70. The van der Waals surface area contributed by atoms with Gasteiger partial charge < -0.3 is 19.2 Å². The fourth-order valence-corrected chi connectivity index (χ4v) is 3.69. The Balaban J connectivity index is 1.73. The highest BCUT2D eigenvalue weighted by Crippen LogP contribution is 2.44. The van der Waals surface area contributed by atoms with Gasteiger partial charge in [0, 0.05) is 5.75 Å². The lowest BCUT2D eigenvalue weighted by Crippen LogP contribution is -2.31. The molecule has 0 saturated carbocycles. The SMILES string of the molecule is CC1(C)O[C@@H]2[C@H](O1)[C@@H](CSC#N)O[C@H]2n1cnc2c(=O)[nH]cnc21. The monoisotopic (exact) mass is 349 g/mol. The molecule has 4 rings (SSSR count). The highest BCUT2D eigenvalue weighted by molar-refractivity contribution is 8.03. The number of thioether (sulfide) groups is 1. The first-order valence-corrected chi connectivity index (χ1v) is 8.41. The number of aromatic nitrogens is 4. The minimum Gasteiger partial charge on any atom is -0.348 e. The normalized spacial score (nSPS) is 31.2. The van der Waals surface area contributed by atoms with Crippen molar-refractivity contribution < 1.29 is 14.2 Å². The molecule has 9 nitrogen and oxygen atoms in total. The third-order valence-electron chi connectivity index (χ3n) is 4.08. The summed E-state index contributed by atoms with van der Waals surface area (Å²) in [6.45, 7) is 3.68. The van der Waals surface area contributed by atoms with Crippen LogP contribution in [0.2, 0.25) is 0 Å². The number of nitriles is 1. The van der Waals surface area contributed by atoms with E-state index in [9.17, 15) is 4.79 Å². The quantitative estimate of drug-likeness (QED) is 0.807. The number of hydrogen-bond acceptors (Lipinski definition) is 8. The van der Waals surface area contributed by atoms with Gasteiger partial charge in [-0.2, -0.15) is 5.26 Å². The highest BCUT2D eigenvalue weighted by atomic mass is 32.2. The number of ether oxygens (including phenoxy) is 3. The van der Waals surface area contributed by atoms with Gasteiger partial charge in [0.15, 0.2) is 23.2 Å². The Morgan fingerprint density at radius 3 is 3.00 bits per heavy atom. The average molecular weight is 349 g/mol. The van der Waals surface area contributed by atoms with Crippen LogP contribution in [0.4, 0.5) is 0 Å². The van der Waals surface area contributed by atoms with E-state index in [1.54, 1.807) is 4.57 Å². The van der Waals surface area contributed by atoms with Crippen molar-refractivity contribution in [2.24, 2.45) is 0 Å². The largest absolute Gasteiger partial charge is 0.348 e. The van der Waals surface area contributed by atoms with E-state index >= 15 is 0 Å². The summed E-state index contributed by atoms with van der Waals surface area (Å²) in [7, 11) is 0. The molecule has 4 heterocycles. The van der Waals surface area contributed by atoms with Crippen molar-refractivity contribution in [1.29, 1.82) is 5.26 Å². The van der Waals surface area contributed by atoms with Crippen LogP contribution < -0.4 is 5.56 Å². The van der Waals surface area contributed by atoms with E-state index in [0.717, 1.165) is 11.8 Å². The zero-order valence-corrected chi connectivity index (χ0v) is 13.8. The molecule has 2 fully saturated rings. The van der Waals surface area contributed by atoms with Crippen molar-refractivity contribution in [1.82, 2.24) is 19.5 Å². The van der Waals surface area contributed by atoms with Crippen LogP contribution in [0.1, 0.15) is 20.1 Å². The number of fused-ring (bicyclic) bond motifs is 2. The molecule has 0 aromatic carbocycles. The Morgan fingerprint density at radius 1 is 1.42 bits per heavy atom. The van der Waals surface area contributed by atoms with Gasteiger partial charge in [-0.05, 0) is 25.6 Å². The van der Waals surface area contributed by atoms with Gasteiger partial charge in [-0.15, -0.1) is 0 Å². The lowest BCUT2D eigenvalue weighted by atomic mass is 10.1. The van der Waals surface area contributed by atoms with Gasteiger partial charge in [0.2, 0.25) is 0 Å². The molecule has 126 valence electrons. The van der Waals surface area contributed by atoms with Crippen molar-refractivity contribution in [3.63, 3.8) is 0 Å². The molecule has 2 aromatic heterocycles. The second-order valence-corrected chi connectivity index (χ2v) is 6.89. The van der Waals surface area contributed by atoms with Gasteiger partial charge in [0.05, 0.1) is 18.8 Å². The molecule has 0 radical (unpaired) electrons. The standard InChI is InChI=1S/C14H15N5O4S/c1-14(2)22-9-7(3-24-4-15)21-13(10(9)23-14)19-6-18-8-11(19)16-5-17-12(8)20/h5-7,9-10,13H,3H2,1-2H3,(H,16,17,20)/t7-,9-,10-,13-/m1/s1. The van der Waals surface area contributed by atoms with E-state index in [2.05, 4.69) is 15.0 Å². The van der Waals surface area contributed by atoms with Gasteiger partial charge in [-0.3, -0.25) is 9.36 Å². The van der Waals surface area contributed by atoms with E-state index in [-0.39, 0.29) is 29.4 Å². The summed E-state index contributed by atoms with van der Waals surface area (Å²) in [6.07, 6.45) is 1.34. The zero-order chi connectivity index (χ0) is 16.9. The number of thiocyanates is 1. The molecule has 2 saturated heterocycles. The molecule has 10 heteroatoms. The number of nitrogens with zero attached hydrogens (tertiary/aromatic N) is 4. The van der Waals surface area contributed by atoms with Crippen molar-refractivity contribution >= 4 is 22.9 Å². The fourth-order valence-electron chi connectivity index (χ4n) is 3.19. The molecule has 0 spiro atoms. The lowest BCUT2D eigenvalue weighted by molar-refractivity contribution is -0.193. The van der Waals surface area contributed by atoms with Crippen LogP contribution in [0.3, 0.4) is 0 Å². The van der Waals surface area contributed by atoms with E-state index in [1.165, 1.54) is 12.7 Å². The molecule has 0 amide bonds. The van der Waals surface area contributed by atoms with Crippen molar-refractivity contribution in [2.45, 2.75) is 44.2 Å². The first kappa shape index (κ1) is 15.6. The molecule has 0 aliphatic carbocycles. The number of hydrogen-bond donors (Lipinski definition) is 1. The summed E-state index contributed by atoms with van der Waals surface area (Å²) in [5.41, 5.74) is 0.351. The summed E-state index contributed by atoms with van der Waals surface area (Å²) in [4.78, 5) is 22.7. The summed E-state index contributed by atoms with van der Waals surface area (Å²) in [5.74, 6) is -0.275. The van der Waals surface area contributed by atoms with Crippen molar-refractivity contribution in [3.8, 4) is 5.40 Å². The second kappa shape index (κ2) is 5.56. The Bertz CT molecular complexity index is 872. The van der Waals surface area contributed by atoms with Crippen LogP contribution in [0, 0.1) is 10.7 Å².